The van der Waals surface area contributed by atoms with Crippen molar-refractivity contribution in [3.8, 4) is 22.6 Å². The summed E-state index contributed by atoms with van der Waals surface area (Å²) in [6.45, 7) is 35.9. The van der Waals surface area contributed by atoms with Crippen LogP contribution in [0, 0.1) is 27.7 Å². The van der Waals surface area contributed by atoms with Gasteiger partial charge in [0.1, 0.15) is 33.8 Å². The Morgan fingerprint density at radius 3 is 1.06 bits per heavy atom. The van der Waals surface area contributed by atoms with Crippen LogP contribution >= 0.6 is 16.5 Å². The molecule has 2 aromatic heterocycles. The summed E-state index contributed by atoms with van der Waals surface area (Å²) >= 11 is 0. The number of aryl methyl sites for hydroxylation is 2. The lowest BCUT2D eigenvalue weighted by atomic mass is 9.72. The summed E-state index contributed by atoms with van der Waals surface area (Å²) in [5, 5.41) is 3.88. The molecule has 0 saturated heterocycles. The Bertz CT molecular complexity index is 3070. The minimum Gasteiger partial charge on any atom is -0.390 e. The van der Waals surface area contributed by atoms with Gasteiger partial charge in [-0.25, -0.2) is 0 Å². The predicted molar refractivity (Wildman–Crippen MR) is 270 cm³/mol. The third-order valence-electron chi connectivity index (χ3n) is 12.3. The molecule has 6 aromatic carbocycles. The molecule has 2 heterocycles. The Labute approximate surface area is 381 Å². The van der Waals surface area contributed by atoms with E-state index in [0.29, 0.717) is 22.7 Å². The molecular formula is C56H64O6P2. The highest BCUT2D eigenvalue weighted by Gasteiger charge is 2.36. The molecule has 0 aliphatic rings. The summed E-state index contributed by atoms with van der Waals surface area (Å²) in [4.78, 5) is 0. The summed E-state index contributed by atoms with van der Waals surface area (Å²) < 4.78 is 42.6. The average molecular weight is 895 g/mol. The second kappa shape index (κ2) is 16.3. The molecule has 8 heteroatoms. The minimum atomic E-state index is -2.04. The van der Waals surface area contributed by atoms with E-state index in [2.05, 4.69) is 171 Å². The molecule has 0 spiro atoms. The van der Waals surface area contributed by atoms with E-state index in [1.807, 2.05) is 36.4 Å². The molecule has 0 amide bonds. The van der Waals surface area contributed by atoms with E-state index >= 15 is 0 Å². The number of hydrogen-bond donors (Lipinski definition) is 0. The molecule has 334 valence electrons. The fourth-order valence-electron chi connectivity index (χ4n) is 9.06. The quantitative estimate of drug-likeness (QED) is 0.171. The van der Waals surface area contributed by atoms with Gasteiger partial charge < -0.3 is 25.8 Å². The van der Waals surface area contributed by atoms with Crippen LogP contribution in [0.25, 0.3) is 55.0 Å². The maximum atomic E-state index is 7.52. The van der Waals surface area contributed by atoms with Gasteiger partial charge in [-0.05, 0) is 94.9 Å². The highest BCUT2D eigenvalue weighted by molar-refractivity contribution is 7.32. The van der Waals surface area contributed by atoms with E-state index in [1.165, 1.54) is 11.1 Å². The molecule has 0 aliphatic heterocycles. The van der Waals surface area contributed by atoms with Crippen LogP contribution in [0.4, 0.5) is 0 Å². The van der Waals surface area contributed by atoms with Crippen molar-refractivity contribution in [1.82, 2.24) is 0 Å². The van der Waals surface area contributed by atoms with Crippen LogP contribution in [-0.2, 0) is 21.7 Å². The molecule has 8 rings (SSSR count). The van der Waals surface area contributed by atoms with Gasteiger partial charge in [0.15, 0.2) is 0 Å². The van der Waals surface area contributed by atoms with E-state index in [9.17, 15) is 0 Å². The summed E-state index contributed by atoms with van der Waals surface area (Å²) in [7, 11) is -4.06. The highest BCUT2D eigenvalue weighted by atomic mass is 31.1. The second-order valence-corrected chi connectivity index (χ2v) is 23.5. The molecule has 8 aromatic rings. The molecule has 64 heavy (non-hydrogen) atoms. The Morgan fingerprint density at radius 2 is 0.703 bits per heavy atom. The van der Waals surface area contributed by atoms with Gasteiger partial charge in [-0.2, -0.15) is 0 Å². The Hall–Kier alpha value is -5.28. The predicted octanol–water partition coefficient (Wildman–Crippen LogP) is 18.7. The molecule has 0 unspecified atom stereocenters. The van der Waals surface area contributed by atoms with Crippen LogP contribution in [0.15, 0.2) is 114 Å². The van der Waals surface area contributed by atoms with Gasteiger partial charge in [-0.15, -0.1) is 0 Å². The maximum Gasteiger partial charge on any atom is 0.453 e. The summed E-state index contributed by atoms with van der Waals surface area (Å²) in [6, 6.07) is 33.4. The topological polar surface area (TPSA) is 71.0 Å². The largest absolute Gasteiger partial charge is 0.453 e. The van der Waals surface area contributed by atoms with Crippen molar-refractivity contribution in [3.05, 3.63) is 142 Å². The number of benzene rings is 6. The summed E-state index contributed by atoms with van der Waals surface area (Å²) in [5.74, 6) is 1.42. The third-order valence-corrected chi connectivity index (χ3v) is 14.4. The number of para-hydroxylation sites is 4. The fourth-order valence-corrected chi connectivity index (χ4v) is 11.4. The normalized spacial score (nSPS) is 12.7. The van der Waals surface area contributed by atoms with Crippen molar-refractivity contribution >= 4 is 60.4 Å². The van der Waals surface area contributed by atoms with Crippen molar-refractivity contribution in [1.29, 1.82) is 0 Å². The molecule has 6 nitrogen and oxygen atoms in total. The van der Waals surface area contributed by atoms with Gasteiger partial charge in [-0.1, -0.05) is 168 Å². The zero-order valence-corrected chi connectivity index (χ0v) is 42.4. The van der Waals surface area contributed by atoms with E-state index in [0.717, 1.165) is 77.2 Å². The fraction of sp³-hybridized carbons (Fsp3) is 0.357. The lowest BCUT2D eigenvalue weighted by Gasteiger charge is -2.34. The monoisotopic (exact) mass is 894 g/mol. The van der Waals surface area contributed by atoms with Gasteiger partial charge in [-0.3, -0.25) is 0 Å². The van der Waals surface area contributed by atoms with E-state index in [-0.39, 0.29) is 21.7 Å². The Kier molecular flexibility index (Phi) is 11.5. The Morgan fingerprint density at radius 1 is 0.375 bits per heavy atom. The van der Waals surface area contributed by atoms with Gasteiger partial charge in [0.2, 0.25) is 0 Å². The number of hydrogen-bond acceptors (Lipinski definition) is 6. The zero-order valence-electron chi connectivity index (χ0n) is 40.6. The molecule has 0 atom stereocenters. The van der Waals surface area contributed by atoms with E-state index in [4.69, 9.17) is 25.8 Å². The van der Waals surface area contributed by atoms with Gasteiger partial charge >= 0.3 is 16.5 Å². The first kappa shape index (κ1) is 45.3. The molecular weight excluding hydrogens is 831 g/mol. The molecule has 0 aliphatic carbocycles. The Balaban J connectivity index is 1.56. The summed E-state index contributed by atoms with van der Waals surface area (Å²) in [5.41, 5.74) is 12.4. The third kappa shape index (κ3) is 8.41. The highest BCUT2D eigenvalue weighted by Crippen LogP contribution is 2.56. The second-order valence-electron chi connectivity index (χ2n) is 21.5. The zero-order chi connectivity index (χ0) is 46.3. The van der Waals surface area contributed by atoms with Gasteiger partial charge in [0, 0.05) is 43.8 Å². The van der Waals surface area contributed by atoms with Crippen molar-refractivity contribution in [2.45, 2.75) is 132 Å². The summed E-state index contributed by atoms with van der Waals surface area (Å²) in [6.07, 6.45) is 0. The van der Waals surface area contributed by atoms with Crippen molar-refractivity contribution in [2.75, 3.05) is 0 Å². The maximum absolute atomic E-state index is 7.52. The van der Waals surface area contributed by atoms with E-state index in [1.54, 1.807) is 0 Å². The first-order chi connectivity index (χ1) is 29.9. The molecule has 0 N–H and O–H groups in total. The molecule has 0 bridgehead atoms. The van der Waals surface area contributed by atoms with Crippen molar-refractivity contribution in [2.24, 2.45) is 0 Å². The lowest BCUT2D eigenvalue weighted by Crippen LogP contribution is -2.22. The van der Waals surface area contributed by atoms with Crippen LogP contribution in [0.2, 0.25) is 0 Å². The van der Waals surface area contributed by atoms with Crippen LogP contribution in [0.1, 0.15) is 128 Å². The lowest BCUT2D eigenvalue weighted by molar-refractivity contribution is 0.470. The van der Waals surface area contributed by atoms with Crippen LogP contribution in [0.3, 0.4) is 0 Å². The van der Waals surface area contributed by atoms with Crippen molar-refractivity contribution < 1.29 is 25.8 Å². The van der Waals surface area contributed by atoms with E-state index < -0.39 is 16.5 Å². The van der Waals surface area contributed by atoms with Crippen LogP contribution in [0.5, 0.6) is 11.5 Å². The number of rotatable bonds is 5. The molecule has 0 radical (unpaired) electrons. The van der Waals surface area contributed by atoms with Crippen molar-refractivity contribution in [3.63, 3.8) is 0 Å². The minimum absolute atomic E-state index is 0.223. The number of fused-ring (bicyclic) bond motifs is 6. The first-order valence-corrected chi connectivity index (χ1v) is 24.6. The first-order valence-electron chi connectivity index (χ1n) is 22.4. The standard InChI is InChI=1S/C56H64O6P2/c1-33-23-21-27-39-40-28-22-24-34(2)50(40)60-64(59-49(33)39)62-52-44(56(14,15)16)32-42(54(8,9)10)36(4)48(52)47-35(3)41(53(5,6)7)31-43(55(11,12)13)51(47)61-63-57-45-29-19-17-25-37(45)38-26-18-20-30-46(38)58-63/h17-32H,1-16H3. The van der Waals surface area contributed by atoms with Crippen LogP contribution in [-0.4, -0.2) is 0 Å². The van der Waals surface area contributed by atoms with Gasteiger partial charge in [0.05, 0.1) is 0 Å². The SMILES string of the molecule is Cc1c(C(C)(C)C)cc(C(C)(C)C)c(Op2oc3ccccc3c3ccccc3o2)c1-c1c(C)c(C(C)(C)C)cc(C(C)(C)C)c1Op1oc2c(C)cccc2c2cccc(C)c2o1. The average Bonchev–Trinajstić information content (AvgIpc) is 3.45. The smallest absolute Gasteiger partial charge is 0.390 e. The molecule has 0 fully saturated rings. The molecule has 0 saturated carbocycles. The van der Waals surface area contributed by atoms with Crippen LogP contribution < -0.4 is 9.05 Å². The van der Waals surface area contributed by atoms with Gasteiger partial charge in [0.25, 0.3) is 0 Å².